The number of oxime groups is 1. The number of hydrogen-bond donors (Lipinski definition) is 1. The van der Waals surface area contributed by atoms with Crippen molar-refractivity contribution in [2.75, 3.05) is 0 Å². The van der Waals surface area contributed by atoms with Crippen LogP contribution in [0.3, 0.4) is 0 Å². The van der Waals surface area contributed by atoms with Gasteiger partial charge in [-0.15, -0.1) is 5.16 Å². The van der Waals surface area contributed by atoms with Crippen LogP contribution in [0, 0.1) is 0 Å². The molecule has 1 heterocycles. The molecular formula is C17H28N2O. The Morgan fingerprint density at radius 1 is 0.950 bits per heavy atom. The lowest BCUT2D eigenvalue weighted by Gasteiger charge is -2.02. The lowest BCUT2D eigenvalue weighted by molar-refractivity contribution is 0.320. The maximum Gasteiger partial charge on any atom is 0.0435 e. The molecule has 0 amide bonds. The van der Waals surface area contributed by atoms with Crippen LogP contribution in [0.4, 0.5) is 0 Å². The summed E-state index contributed by atoms with van der Waals surface area (Å²) in [5.41, 5.74) is 1.36. The van der Waals surface area contributed by atoms with Crippen molar-refractivity contribution in [3.8, 4) is 0 Å². The molecule has 112 valence electrons. The molecule has 3 nitrogen and oxygen atoms in total. The number of nitrogens with zero attached hydrogens (tertiary/aromatic N) is 2. The third kappa shape index (κ3) is 9.54. The molecule has 1 aromatic rings. The van der Waals surface area contributed by atoms with E-state index in [0.717, 1.165) is 12.8 Å². The Labute approximate surface area is 123 Å². The predicted molar refractivity (Wildman–Crippen MR) is 84.4 cm³/mol. The Balaban J connectivity index is 1.79. The van der Waals surface area contributed by atoms with Crippen LogP contribution in [-0.4, -0.2) is 16.4 Å². The second-order valence-electron chi connectivity index (χ2n) is 5.38. The van der Waals surface area contributed by atoms with E-state index in [4.69, 9.17) is 5.21 Å². The van der Waals surface area contributed by atoms with Crippen molar-refractivity contribution < 1.29 is 5.21 Å². The van der Waals surface area contributed by atoms with Gasteiger partial charge in [-0.3, -0.25) is 4.98 Å². The molecule has 0 bridgehead atoms. The minimum absolute atomic E-state index is 0.908. The zero-order chi connectivity index (χ0) is 14.3. The summed E-state index contributed by atoms with van der Waals surface area (Å²) < 4.78 is 0. The molecule has 0 aromatic carbocycles. The second-order valence-corrected chi connectivity index (χ2v) is 5.38. The van der Waals surface area contributed by atoms with Gasteiger partial charge in [0.15, 0.2) is 0 Å². The summed E-state index contributed by atoms with van der Waals surface area (Å²) in [5, 5.41) is 11.3. The van der Waals surface area contributed by atoms with Gasteiger partial charge in [0.1, 0.15) is 0 Å². The van der Waals surface area contributed by atoms with Crippen molar-refractivity contribution in [3.63, 3.8) is 0 Å². The summed E-state index contributed by atoms with van der Waals surface area (Å²) >= 11 is 0. The molecule has 0 saturated heterocycles. The van der Waals surface area contributed by atoms with Crippen LogP contribution >= 0.6 is 0 Å². The number of hydrogen-bond acceptors (Lipinski definition) is 3. The van der Waals surface area contributed by atoms with Crippen molar-refractivity contribution in [2.45, 2.75) is 70.6 Å². The van der Waals surface area contributed by atoms with Crippen molar-refractivity contribution in [1.29, 1.82) is 0 Å². The number of aryl methyl sites for hydroxylation is 1. The van der Waals surface area contributed by atoms with Crippen molar-refractivity contribution in [2.24, 2.45) is 5.16 Å². The quantitative estimate of drug-likeness (QED) is 0.253. The highest BCUT2D eigenvalue weighted by molar-refractivity contribution is 5.55. The third-order valence-electron chi connectivity index (χ3n) is 3.60. The Morgan fingerprint density at radius 2 is 1.60 bits per heavy atom. The summed E-state index contributed by atoms with van der Waals surface area (Å²) in [6.45, 7) is 0. The van der Waals surface area contributed by atoms with Crippen molar-refractivity contribution in [3.05, 3.63) is 30.1 Å². The molecule has 1 N–H and O–H groups in total. The van der Waals surface area contributed by atoms with E-state index in [0.29, 0.717) is 0 Å². The zero-order valence-corrected chi connectivity index (χ0v) is 12.5. The van der Waals surface area contributed by atoms with Gasteiger partial charge in [0.2, 0.25) is 0 Å². The average Bonchev–Trinajstić information content (AvgIpc) is 2.49. The van der Waals surface area contributed by atoms with Crippen LogP contribution in [0.2, 0.25) is 0 Å². The molecule has 3 heteroatoms. The topological polar surface area (TPSA) is 45.5 Å². The lowest BCUT2D eigenvalue weighted by Crippen LogP contribution is -1.87. The normalized spacial score (nSPS) is 11.2. The first-order valence-electron chi connectivity index (χ1n) is 7.98. The largest absolute Gasteiger partial charge is 0.411 e. The monoisotopic (exact) mass is 276 g/mol. The van der Waals surface area contributed by atoms with Crippen LogP contribution in [0.15, 0.2) is 29.7 Å². The summed E-state index contributed by atoms with van der Waals surface area (Å²) in [4.78, 5) is 4.14. The van der Waals surface area contributed by atoms with Gasteiger partial charge in [0.25, 0.3) is 0 Å². The van der Waals surface area contributed by atoms with Crippen molar-refractivity contribution in [1.82, 2.24) is 4.98 Å². The molecule has 0 saturated carbocycles. The Bertz CT molecular complexity index is 338. The van der Waals surface area contributed by atoms with E-state index in [9.17, 15) is 0 Å². The lowest BCUT2D eigenvalue weighted by atomic mass is 10.0. The van der Waals surface area contributed by atoms with Crippen LogP contribution in [-0.2, 0) is 6.42 Å². The fraction of sp³-hybridized carbons (Fsp3) is 0.647. The molecule has 0 unspecified atom stereocenters. The maximum absolute atomic E-state index is 8.25. The summed E-state index contributed by atoms with van der Waals surface area (Å²) in [5.74, 6) is 0. The fourth-order valence-electron chi connectivity index (χ4n) is 2.41. The predicted octanol–water partition coefficient (Wildman–Crippen LogP) is 4.99. The molecule has 0 atom stereocenters. The molecule has 0 radical (unpaired) electrons. The van der Waals surface area contributed by atoms with Crippen molar-refractivity contribution >= 4 is 6.21 Å². The number of aromatic nitrogens is 1. The van der Waals surface area contributed by atoms with E-state index in [1.54, 1.807) is 6.21 Å². The zero-order valence-electron chi connectivity index (χ0n) is 12.5. The molecule has 1 aromatic heterocycles. The van der Waals surface area contributed by atoms with Gasteiger partial charge < -0.3 is 5.21 Å². The third-order valence-corrected chi connectivity index (χ3v) is 3.60. The van der Waals surface area contributed by atoms with E-state index >= 15 is 0 Å². The molecule has 0 aliphatic heterocycles. The molecule has 1 rings (SSSR count). The van der Waals surface area contributed by atoms with E-state index in [2.05, 4.69) is 16.2 Å². The molecule has 0 fully saturated rings. The van der Waals surface area contributed by atoms with Crippen LogP contribution in [0.25, 0.3) is 0 Å². The van der Waals surface area contributed by atoms with Crippen LogP contribution < -0.4 is 0 Å². The first-order chi connectivity index (χ1) is 9.93. The van der Waals surface area contributed by atoms with E-state index < -0.39 is 0 Å². The van der Waals surface area contributed by atoms with Crippen LogP contribution in [0.5, 0.6) is 0 Å². The number of unbranched alkanes of at least 4 members (excludes halogenated alkanes) is 9. The molecule has 0 aliphatic rings. The Hall–Kier alpha value is -1.38. The van der Waals surface area contributed by atoms with Gasteiger partial charge in [0, 0.05) is 18.6 Å². The van der Waals surface area contributed by atoms with E-state index in [1.165, 1.54) is 63.4 Å². The first-order valence-corrected chi connectivity index (χ1v) is 7.98. The SMILES string of the molecule is ON=CCCCCCCCCCCCc1cccnc1. The Kier molecular flexibility index (Phi) is 10.5. The smallest absolute Gasteiger partial charge is 0.0435 e. The maximum atomic E-state index is 8.25. The van der Waals surface area contributed by atoms with Gasteiger partial charge in [-0.05, 0) is 37.3 Å². The van der Waals surface area contributed by atoms with Gasteiger partial charge >= 0.3 is 0 Å². The highest BCUT2D eigenvalue weighted by Crippen LogP contribution is 2.11. The summed E-state index contributed by atoms with van der Waals surface area (Å²) in [6, 6.07) is 4.18. The minimum Gasteiger partial charge on any atom is -0.411 e. The van der Waals surface area contributed by atoms with Gasteiger partial charge in [-0.25, -0.2) is 0 Å². The number of pyridine rings is 1. The van der Waals surface area contributed by atoms with E-state index in [1.807, 2.05) is 18.5 Å². The fourth-order valence-corrected chi connectivity index (χ4v) is 2.41. The van der Waals surface area contributed by atoms with Gasteiger partial charge in [-0.2, -0.15) is 0 Å². The van der Waals surface area contributed by atoms with Crippen LogP contribution in [0.1, 0.15) is 69.8 Å². The minimum atomic E-state index is 0.908. The first kappa shape index (κ1) is 16.7. The van der Waals surface area contributed by atoms with Gasteiger partial charge in [-0.1, -0.05) is 51.0 Å². The van der Waals surface area contributed by atoms with Gasteiger partial charge in [0.05, 0.1) is 0 Å². The standard InChI is InChI=1S/C17H28N2O/c20-19-15-10-8-6-4-2-1-3-5-7-9-12-17-13-11-14-18-16-17/h11,13-16,20H,1-10,12H2. The Morgan fingerprint density at radius 3 is 2.20 bits per heavy atom. The second kappa shape index (κ2) is 12.6. The molecular weight excluding hydrogens is 248 g/mol. The summed E-state index contributed by atoms with van der Waals surface area (Å²) in [7, 11) is 0. The molecule has 0 spiro atoms. The average molecular weight is 276 g/mol. The highest BCUT2D eigenvalue weighted by Gasteiger charge is 1.94. The molecule has 0 aliphatic carbocycles. The number of rotatable bonds is 12. The van der Waals surface area contributed by atoms with E-state index in [-0.39, 0.29) is 0 Å². The summed E-state index contributed by atoms with van der Waals surface area (Å²) in [6.07, 6.45) is 19.2. The highest BCUT2D eigenvalue weighted by atomic mass is 16.4. The molecule has 20 heavy (non-hydrogen) atoms.